The molecular formula is C24H36N2O3. The van der Waals surface area contributed by atoms with E-state index in [1.165, 1.54) is 33.3 Å². The van der Waals surface area contributed by atoms with Crippen LogP contribution in [-0.4, -0.2) is 66.8 Å². The summed E-state index contributed by atoms with van der Waals surface area (Å²) in [5, 5.41) is 2.65. The van der Waals surface area contributed by atoms with Crippen molar-refractivity contribution in [2.45, 2.75) is 26.7 Å². The molecule has 0 saturated heterocycles. The Morgan fingerprint density at radius 1 is 0.621 bits per heavy atom. The van der Waals surface area contributed by atoms with Gasteiger partial charge in [-0.15, -0.1) is 0 Å². The maximum atomic E-state index is 5.73. The van der Waals surface area contributed by atoms with Gasteiger partial charge in [0.2, 0.25) is 0 Å². The van der Waals surface area contributed by atoms with E-state index < -0.39 is 0 Å². The van der Waals surface area contributed by atoms with E-state index in [1.807, 2.05) is 0 Å². The second-order valence-corrected chi connectivity index (χ2v) is 7.88. The minimum Gasteiger partial charge on any atom is -0.379 e. The number of nitrogens with zero attached hydrogens (tertiary/aromatic N) is 2. The molecule has 0 saturated carbocycles. The zero-order valence-electron chi connectivity index (χ0n) is 18.5. The van der Waals surface area contributed by atoms with E-state index in [0.717, 1.165) is 39.1 Å². The second-order valence-electron chi connectivity index (χ2n) is 7.88. The third-order valence-electron chi connectivity index (χ3n) is 5.78. The van der Waals surface area contributed by atoms with Crippen LogP contribution in [0.25, 0.3) is 10.8 Å². The number of benzene rings is 2. The maximum absolute atomic E-state index is 5.73. The van der Waals surface area contributed by atoms with Gasteiger partial charge in [0.05, 0.1) is 26.4 Å². The summed E-state index contributed by atoms with van der Waals surface area (Å²) >= 11 is 0. The van der Waals surface area contributed by atoms with Crippen molar-refractivity contribution in [3.05, 3.63) is 35.4 Å². The monoisotopic (exact) mass is 400 g/mol. The molecule has 0 aliphatic carbocycles. The van der Waals surface area contributed by atoms with Crippen LogP contribution in [0, 0.1) is 13.8 Å². The van der Waals surface area contributed by atoms with E-state index in [2.05, 4.69) is 62.0 Å². The van der Waals surface area contributed by atoms with Crippen LogP contribution in [0.2, 0.25) is 0 Å². The Labute approximate surface area is 175 Å². The summed E-state index contributed by atoms with van der Waals surface area (Å²) in [6.07, 6.45) is 1.99. The zero-order chi connectivity index (χ0) is 20.6. The van der Waals surface area contributed by atoms with Gasteiger partial charge in [-0.1, -0.05) is 24.3 Å². The minimum atomic E-state index is 0.631. The Morgan fingerprint density at radius 3 is 1.41 bits per heavy atom. The third-order valence-corrected chi connectivity index (χ3v) is 5.78. The highest BCUT2D eigenvalue weighted by molar-refractivity contribution is 6.05. The first kappa shape index (κ1) is 21.9. The lowest BCUT2D eigenvalue weighted by Crippen LogP contribution is -2.24. The molecule has 3 rings (SSSR count). The normalized spacial score (nSPS) is 18.5. The number of rotatable bonds is 0. The lowest BCUT2D eigenvalue weighted by molar-refractivity contribution is 0.0142. The van der Waals surface area contributed by atoms with Crippen LogP contribution in [0.3, 0.4) is 0 Å². The molecule has 0 fully saturated rings. The van der Waals surface area contributed by atoms with E-state index in [1.54, 1.807) is 0 Å². The molecule has 0 spiro atoms. The van der Waals surface area contributed by atoms with Crippen molar-refractivity contribution in [1.82, 2.24) is 0 Å². The summed E-state index contributed by atoms with van der Waals surface area (Å²) < 4.78 is 17.0. The maximum Gasteiger partial charge on any atom is 0.0701 e. The van der Waals surface area contributed by atoms with Gasteiger partial charge in [0.15, 0.2) is 0 Å². The van der Waals surface area contributed by atoms with Gasteiger partial charge < -0.3 is 24.0 Å². The molecular weight excluding hydrogens is 364 g/mol. The lowest BCUT2D eigenvalue weighted by Gasteiger charge is -2.30. The van der Waals surface area contributed by atoms with E-state index in [4.69, 9.17) is 14.2 Å². The highest BCUT2D eigenvalue weighted by Crippen LogP contribution is 2.40. The van der Waals surface area contributed by atoms with Crippen molar-refractivity contribution in [2.75, 3.05) is 76.6 Å². The minimum absolute atomic E-state index is 0.631. The van der Waals surface area contributed by atoms with Crippen LogP contribution in [0.4, 0.5) is 11.4 Å². The average molecular weight is 401 g/mol. The fraction of sp³-hybridized carbons (Fsp3) is 0.583. The topological polar surface area (TPSA) is 34.2 Å². The van der Waals surface area contributed by atoms with Gasteiger partial charge in [-0.05, 0) is 37.8 Å². The molecule has 160 valence electrons. The molecule has 0 aromatic heterocycles. The molecule has 1 aliphatic rings. The fourth-order valence-corrected chi connectivity index (χ4v) is 4.21. The Hall–Kier alpha value is -1.82. The first-order valence-corrected chi connectivity index (χ1v) is 10.8. The Balaban J connectivity index is 1.93. The summed E-state index contributed by atoms with van der Waals surface area (Å²) in [7, 11) is 4.39. The molecule has 1 heterocycles. The molecule has 0 amide bonds. The van der Waals surface area contributed by atoms with Crippen molar-refractivity contribution in [3.8, 4) is 0 Å². The average Bonchev–Trinajstić information content (AvgIpc) is 2.71. The van der Waals surface area contributed by atoms with Crippen LogP contribution in [0.5, 0.6) is 0 Å². The number of anilines is 2. The molecule has 2 aromatic carbocycles. The Morgan fingerprint density at radius 2 is 1.00 bits per heavy atom. The van der Waals surface area contributed by atoms with Gasteiger partial charge in [0, 0.05) is 62.5 Å². The molecule has 0 unspecified atom stereocenters. The molecule has 0 N–H and O–H groups in total. The number of hydrogen-bond donors (Lipinski definition) is 0. The third kappa shape index (κ3) is 5.41. The van der Waals surface area contributed by atoms with Crippen molar-refractivity contribution in [3.63, 3.8) is 0 Å². The van der Waals surface area contributed by atoms with Crippen molar-refractivity contribution in [2.24, 2.45) is 0 Å². The summed E-state index contributed by atoms with van der Waals surface area (Å²) in [5.41, 5.74) is 5.38. The number of hydrogen-bond acceptors (Lipinski definition) is 5. The van der Waals surface area contributed by atoms with Crippen LogP contribution < -0.4 is 9.80 Å². The second kappa shape index (κ2) is 10.8. The largest absolute Gasteiger partial charge is 0.379 e. The van der Waals surface area contributed by atoms with E-state index >= 15 is 0 Å². The number of ether oxygens (including phenoxy) is 3. The molecule has 2 bridgehead atoms. The first-order valence-electron chi connectivity index (χ1n) is 10.8. The van der Waals surface area contributed by atoms with Crippen LogP contribution >= 0.6 is 0 Å². The van der Waals surface area contributed by atoms with Crippen LogP contribution in [0.1, 0.15) is 24.0 Å². The summed E-state index contributed by atoms with van der Waals surface area (Å²) in [5.74, 6) is 0. The molecule has 5 heteroatoms. The molecule has 0 radical (unpaired) electrons. The van der Waals surface area contributed by atoms with E-state index in [-0.39, 0.29) is 0 Å². The van der Waals surface area contributed by atoms with Gasteiger partial charge in [-0.2, -0.15) is 0 Å². The van der Waals surface area contributed by atoms with Gasteiger partial charge >= 0.3 is 0 Å². The Kier molecular flexibility index (Phi) is 8.16. The lowest BCUT2D eigenvalue weighted by atomic mass is 9.95. The summed E-state index contributed by atoms with van der Waals surface area (Å²) in [4.78, 5) is 4.77. The smallest absolute Gasteiger partial charge is 0.0701 e. The molecule has 2 aromatic rings. The standard InChI is InChI=1S/C24H36N2O3/c1-19-20(2)24-22-10-6-5-9-21(22)23(19)25(3)11-7-13-27-15-17-29-18-16-28-14-8-12-26(24)4/h5-6,9-10H,7-8,11-18H2,1-4H3. The van der Waals surface area contributed by atoms with Gasteiger partial charge in [-0.25, -0.2) is 0 Å². The fourth-order valence-electron chi connectivity index (χ4n) is 4.21. The Bertz CT molecular complexity index is 729. The zero-order valence-corrected chi connectivity index (χ0v) is 18.5. The SMILES string of the molecule is Cc1c(C)c2c3ccccc3c1N(C)CCCOCCOCCOCCCN2C. The van der Waals surface area contributed by atoms with Gasteiger partial charge in [0.25, 0.3) is 0 Å². The van der Waals surface area contributed by atoms with Crippen molar-refractivity contribution in [1.29, 1.82) is 0 Å². The highest BCUT2D eigenvalue weighted by atomic mass is 16.5. The molecule has 5 nitrogen and oxygen atoms in total. The summed E-state index contributed by atoms with van der Waals surface area (Å²) in [6, 6.07) is 8.80. The predicted octanol–water partition coefficient (Wildman–Crippen LogP) is 4.17. The molecule has 1 aliphatic heterocycles. The quantitative estimate of drug-likeness (QED) is 0.663. The first-order chi connectivity index (χ1) is 14.1. The highest BCUT2D eigenvalue weighted by Gasteiger charge is 2.19. The molecule has 29 heavy (non-hydrogen) atoms. The summed E-state index contributed by atoms with van der Waals surface area (Å²) in [6.45, 7) is 10.5. The molecule has 0 atom stereocenters. The van der Waals surface area contributed by atoms with Crippen LogP contribution in [-0.2, 0) is 14.2 Å². The van der Waals surface area contributed by atoms with Crippen molar-refractivity contribution < 1.29 is 14.2 Å². The van der Waals surface area contributed by atoms with Crippen LogP contribution in [0.15, 0.2) is 24.3 Å². The van der Waals surface area contributed by atoms with Gasteiger partial charge in [-0.3, -0.25) is 0 Å². The predicted molar refractivity (Wildman–Crippen MR) is 122 cm³/mol. The van der Waals surface area contributed by atoms with E-state index in [0.29, 0.717) is 26.4 Å². The van der Waals surface area contributed by atoms with Crippen molar-refractivity contribution >= 4 is 22.1 Å². The van der Waals surface area contributed by atoms with E-state index in [9.17, 15) is 0 Å². The van der Waals surface area contributed by atoms with Gasteiger partial charge in [0.1, 0.15) is 0 Å².